The number of rotatable bonds is 2. The van der Waals surface area contributed by atoms with Gasteiger partial charge in [0.15, 0.2) is 11.4 Å². The number of hydrogen-bond donors (Lipinski definition) is 0. The molecule has 1 rings (SSSR count). The number of nitro benzene ring substituents is 2. The summed E-state index contributed by atoms with van der Waals surface area (Å²) < 4.78 is 0. The first-order valence-electron chi connectivity index (χ1n) is 3.33. The van der Waals surface area contributed by atoms with E-state index in [-0.39, 0.29) is 44.1 Å². The van der Waals surface area contributed by atoms with Gasteiger partial charge in [0, 0.05) is 42.6 Å². The number of nitrogens with zero attached hydrogens (tertiary/aromatic N) is 2. The van der Waals surface area contributed by atoms with Crippen LogP contribution in [0.25, 0.3) is 0 Å². The first-order chi connectivity index (χ1) is 6.00. The standard InChI is InChI=1S/C7H5N2O4.Y/c1-5-2-6(8(10)11)4-7(3-5)9(12)13;/h2,4H,1H3;/q-1;. The van der Waals surface area contributed by atoms with Crippen LogP contribution in [0.3, 0.4) is 0 Å². The van der Waals surface area contributed by atoms with E-state index in [1.165, 1.54) is 13.0 Å². The van der Waals surface area contributed by atoms with Gasteiger partial charge in [-0.05, 0) is 6.07 Å². The van der Waals surface area contributed by atoms with Gasteiger partial charge in [-0.15, -0.1) is 0 Å². The van der Waals surface area contributed by atoms with Crippen LogP contribution < -0.4 is 0 Å². The predicted octanol–water partition coefficient (Wildman–Crippen LogP) is 1.61. The summed E-state index contributed by atoms with van der Waals surface area (Å²) in [7, 11) is 0. The molecule has 1 radical (unpaired) electrons. The van der Waals surface area contributed by atoms with E-state index in [2.05, 4.69) is 6.07 Å². The van der Waals surface area contributed by atoms with Crippen molar-refractivity contribution in [2.75, 3.05) is 0 Å². The van der Waals surface area contributed by atoms with Crippen LogP contribution in [0, 0.1) is 33.2 Å². The maximum absolute atomic E-state index is 10.3. The van der Waals surface area contributed by atoms with Crippen molar-refractivity contribution in [1.82, 2.24) is 0 Å². The van der Waals surface area contributed by atoms with Gasteiger partial charge < -0.3 is 0 Å². The molecular weight excluding hydrogens is 265 g/mol. The van der Waals surface area contributed by atoms with Crippen LogP contribution in [-0.4, -0.2) is 9.85 Å². The molecule has 0 saturated heterocycles. The van der Waals surface area contributed by atoms with Crippen LogP contribution in [0.1, 0.15) is 5.56 Å². The topological polar surface area (TPSA) is 86.3 Å². The van der Waals surface area contributed by atoms with E-state index < -0.39 is 9.85 Å². The fraction of sp³-hybridized carbons (Fsp3) is 0.143. The molecule has 6 nitrogen and oxygen atoms in total. The van der Waals surface area contributed by atoms with E-state index in [1.807, 2.05) is 0 Å². The van der Waals surface area contributed by atoms with Crippen LogP contribution in [0.5, 0.6) is 0 Å². The number of benzene rings is 1. The number of hydrogen-bond acceptors (Lipinski definition) is 4. The van der Waals surface area contributed by atoms with E-state index in [0.717, 1.165) is 6.07 Å². The molecule has 0 N–H and O–H groups in total. The van der Waals surface area contributed by atoms with Gasteiger partial charge in [0.05, 0.1) is 0 Å². The smallest absolute Gasteiger partial charge is 0.173 e. The first-order valence-corrected chi connectivity index (χ1v) is 3.33. The van der Waals surface area contributed by atoms with Gasteiger partial charge in [-0.3, -0.25) is 20.2 Å². The summed E-state index contributed by atoms with van der Waals surface area (Å²) in [4.78, 5) is 19.2. The third-order valence-electron chi connectivity index (χ3n) is 1.38. The van der Waals surface area contributed by atoms with Gasteiger partial charge in [0.25, 0.3) is 0 Å². The minimum atomic E-state index is -0.708. The van der Waals surface area contributed by atoms with E-state index in [0.29, 0.717) is 5.56 Å². The fourth-order valence-corrected chi connectivity index (χ4v) is 0.882. The normalized spacial score (nSPS) is 8.93. The Bertz CT molecular complexity index is 348. The summed E-state index contributed by atoms with van der Waals surface area (Å²) in [6.45, 7) is 1.51. The third-order valence-corrected chi connectivity index (χ3v) is 1.38. The quantitative estimate of drug-likeness (QED) is 0.464. The molecule has 0 bridgehead atoms. The second-order valence-corrected chi connectivity index (χ2v) is 2.42. The first kappa shape index (κ1) is 13.1. The molecule has 0 fully saturated rings. The van der Waals surface area contributed by atoms with E-state index in [9.17, 15) is 20.2 Å². The van der Waals surface area contributed by atoms with Crippen molar-refractivity contribution < 1.29 is 42.6 Å². The Morgan fingerprint density at radius 2 is 1.79 bits per heavy atom. The van der Waals surface area contributed by atoms with Crippen LogP contribution in [0.4, 0.5) is 11.4 Å². The molecule has 0 aromatic heterocycles. The van der Waals surface area contributed by atoms with Crippen molar-refractivity contribution in [2.24, 2.45) is 0 Å². The monoisotopic (exact) mass is 270 g/mol. The van der Waals surface area contributed by atoms with E-state index >= 15 is 0 Å². The van der Waals surface area contributed by atoms with E-state index in [1.54, 1.807) is 0 Å². The third kappa shape index (κ3) is 3.12. The Morgan fingerprint density at radius 3 is 2.21 bits per heavy atom. The van der Waals surface area contributed by atoms with Crippen LogP contribution in [0.2, 0.25) is 0 Å². The molecule has 1 aromatic carbocycles. The summed E-state index contributed by atoms with van der Waals surface area (Å²) in [5, 5.41) is 20.6. The number of aryl methyl sites for hydroxylation is 1. The molecule has 0 amide bonds. The predicted molar refractivity (Wildman–Crippen MR) is 43.3 cm³/mol. The summed E-state index contributed by atoms with van der Waals surface area (Å²) in [5.41, 5.74) is -0.296. The maximum Gasteiger partial charge on any atom is 0.173 e. The average Bonchev–Trinajstić information content (AvgIpc) is 2.03. The zero-order valence-corrected chi connectivity index (χ0v) is 10.1. The molecule has 0 aliphatic carbocycles. The SMILES string of the molecule is Cc1[c-]c([N+](=O)[O-])cc([N+](=O)[O-])c1.[Y]. The molecular formula is C7H5N2O4Y-. The summed E-state index contributed by atoms with van der Waals surface area (Å²) in [6.07, 6.45) is 0. The molecule has 1 aromatic rings. The van der Waals surface area contributed by atoms with Crippen LogP contribution >= 0.6 is 0 Å². The van der Waals surface area contributed by atoms with Gasteiger partial charge in [0.1, 0.15) is 0 Å². The molecule has 0 aliphatic rings. The van der Waals surface area contributed by atoms with Gasteiger partial charge in [-0.2, -0.15) is 5.56 Å². The van der Waals surface area contributed by atoms with Gasteiger partial charge >= 0.3 is 0 Å². The number of non-ortho nitro benzene ring substituents is 2. The van der Waals surface area contributed by atoms with Crippen molar-refractivity contribution in [1.29, 1.82) is 0 Å². The summed E-state index contributed by atoms with van der Waals surface area (Å²) in [5.74, 6) is 0. The molecule has 14 heavy (non-hydrogen) atoms. The second-order valence-electron chi connectivity index (χ2n) is 2.42. The minimum absolute atomic E-state index is 0. The zero-order chi connectivity index (χ0) is 10.0. The van der Waals surface area contributed by atoms with Crippen molar-refractivity contribution in [3.05, 3.63) is 44.0 Å². The second kappa shape index (κ2) is 5.12. The zero-order valence-electron chi connectivity index (χ0n) is 7.26. The van der Waals surface area contributed by atoms with E-state index in [4.69, 9.17) is 0 Å². The molecule has 0 atom stereocenters. The Hall–Kier alpha value is -0.876. The molecule has 0 heterocycles. The van der Waals surface area contributed by atoms with Crippen molar-refractivity contribution in [3.8, 4) is 0 Å². The Balaban J connectivity index is 0.00000169. The molecule has 0 spiro atoms. The van der Waals surface area contributed by atoms with Gasteiger partial charge in [-0.1, -0.05) is 19.1 Å². The van der Waals surface area contributed by atoms with Crippen LogP contribution in [-0.2, 0) is 32.7 Å². The number of nitro groups is 2. The summed E-state index contributed by atoms with van der Waals surface area (Å²) >= 11 is 0. The largest absolute Gasteiger partial charge is 0.260 e. The molecule has 7 heteroatoms. The molecule has 0 unspecified atom stereocenters. The van der Waals surface area contributed by atoms with Gasteiger partial charge in [-0.25, -0.2) is 0 Å². The molecule has 0 saturated carbocycles. The molecule has 0 aliphatic heterocycles. The van der Waals surface area contributed by atoms with Crippen molar-refractivity contribution >= 4 is 11.4 Å². The molecule has 71 valence electrons. The van der Waals surface area contributed by atoms with Crippen molar-refractivity contribution in [2.45, 2.75) is 6.92 Å². The Morgan fingerprint density at radius 1 is 1.21 bits per heavy atom. The van der Waals surface area contributed by atoms with Crippen molar-refractivity contribution in [3.63, 3.8) is 0 Å². The Labute approximate surface area is 104 Å². The minimum Gasteiger partial charge on any atom is -0.260 e. The average molecular weight is 270 g/mol. The maximum atomic E-state index is 10.3. The Kier molecular flexibility index (Phi) is 4.80. The summed E-state index contributed by atoms with van der Waals surface area (Å²) in [6, 6.07) is 4.51. The van der Waals surface area contributed by atoms with Crippen LogP contribution in [0.15, 0.2) is 12.1 Å². The van der Waals surface area contributed by atoms with Gasteiger partial charge in [0.2, 0.25) is 0 Å². The fourth-order valence-electron chi connectivity index (χ4n) is 0.882.